The summed E-state index contributed by atoms with van der Waals surface area (Å²) in [5.74, 6) is 0.815. The zero-order chi connectivity index (χ0) is 19.7. The summed E-state index contributed by atoms with van der Waals surface area (Å²) in [5, 5.41) is 0.873. The van der Waals surface area contributed by atoms with E-state index in [0.29, 0.717) is 13.0 Å². The maximum Gasteiger partial charge on any atom is 0.246 e. The van der Waals surface area contributed by atoms with Gasteiger partial charge in [0.2, 0.25) is 15.0 Å². The molecule has 3 heterocycles. The van der Waals surface area contributed by atoms with Crippen LogP contribution in [-0.2, 0) is 29.3 Å². The van der Waals surface area contributed by atoms with Crippen molar-refractivity contribution in [3.05, 3.63) is 52.8 Å². The molecular weight excluding hydrogens is 396 g/mol. The summed E-state index contributed by atoms with van der Waals surface area (Å²) in [6.07, 6.45) is 5.40. The van der Waals surface area contributed by atoms with E-state index in [4.69, 9.17) is 4.74 Å². The van der Waals surface area contributed by atoms with E-state index in [-0.39, 0.29) is 5.16 Å². The number of nitrogens with zero attached hydrogens (tertiary/aromatic N) is 4. The number of hydrogen-bond donors (Lipinski definition) is 0. The highest BCUT2D eigenvalue weighted by Gasteiger charge is 2.21. The van der Waals surface area contributed by atoms with Gasteiger partial charge >= 0.3 is 0 Å². The number of hydrogen-bond acceptors (Lipinski definition) is 8. The van der Waals surface area contributed by atoms with E-state index in [1.54, 1.807) is 24.6 Å². The molecule has 0 bridgehead atoms. The predicted octanol–water partition coefficient (Wildman–Crippen LogP) is 2.57. The van der Waals surface area contributed by atoms with Crippen LogP contribution in [0.25, 0.3) is 10.6 Å². The number of fused-ring (bicyclic) bond motifs is 1. The van der Waals surface area contributed by atoms with E-state index in [1.807, 2.05) is 30.5 Å². The van der Waals surface area contributed by atoms with Gasteiger partial charge in [-0.05, 0) is 12.1 Å². The average Bonchev–Trinajstić information content (AvgIpc) is 3.15. The maximum absolute atomic E-state index is 11.6. The minimum Gasteiger partial charge on any atom is -0.497 e. The zero-order valence-corrected chi connectivity index (χ0v) is 17.3. The third-order valence-electron chi connectivity index (χ3n) is 4.57. The minimum atomic E-state index is -3.38. The van der Waals surface area contributed by atoms with Gasteiger partial charge in [-0.1, -0.05) is 12.1 Å². The first-order valence-electron chi connectivity index (χ1n) is 8.79. The summed E-state index contributed by atoms with van der Waals surface area (Å²) in [4.78, 5) is 16.3. The first kappa shape index (κ1) is 19.0. The lowest BCUT2D eigenvalue weighted by atomic mass is 10.1. The fourth-order valence-corrected chi connectivity index (χ4v) is 4.63. The predicted molar refractivity (Wildman–Crippen MR) is 107 cm³/mol. The molecule has 2 aromatic heterocycles. The van der Waals surface area contributed by atoms with Gasteiger partial charge in [0.1, 0.15) is 10.8 Å². The van der Waals surface area contributed by atoms with E-state index in [9.17, 15) is 8.42 Å². The normalized spacial score (nSPS) is 14.6. The number of thiazole rings is 1. The lowest BCUT2D eigenvalue weighted by molar-refractivity contribution is 0.244. The van der Waals surface area contributed by atoms with E-state index in [2.05, 4.69) is 19.9 Å². The molecule has 0 N–H and O–H groups in total. The fraction of sp³-hybridized carbons (Fsp3) is 0.316. The largest absolute Gasteiger partial charge is 0.497 e. The summed E-state index contributed by atoms with van der Waals surface area (Å²) in [7, 11) is -1.72. The van der Waals surface area contributed by atoms with Gasteiger partial charge in [0.25, 0.3) is 0 Å². The zero-order valence-electron chi connectivity index (χ0n) is 15.6. The molecule has 28 heavy (non-hydrogen) atoms. The third-order valence-corrected chi connectivity index (χ3v) is 6.46. The number of aromatic nitrogens is 3. The SMILES string of the molecule is COc1cccc(-c2ncc(CN3CCc4nc(S(C)(=O)=O)ncc4C3)s2)c1. The summed E-state index contributed by atoms with van der Waals surface area (Å²) in [5.41, 5.74) is 2.85. The van der Waals surface area contributed by atoms with Gasteiger partial charge in [-0.25, -0.2) is 23.4 Å². The van der Waals surface area contributed by atoms with Crippen LogP contribution in [0.15, 0.2) is 41.8 Å². The van der Waals surface area contributed by atoms with E-state index >= 15 is 0 Å². The molecular formula is C19H20N4O3S2. The maximum atomic E-state index is 11.6. The molecule has 0 spiro atoms. The molecule has 0 radical (unpaired) electrons. The second-order valence-electron chi connectivity index (χ2n) is 6.72. The molecule has 0 saturated heterocycles. The van der Waals surface area contributed by atoms with Crippen molar-refractivity contribution < 1.29 is 13.2 Å². The minimum absolute atomic E-state index is 0.0925. The molecule has 9 heteroatoms. The van der Waals surface area contributed by atoms with Gasteiger partial charge in [0, 0.05) is 60.7 Å². The van der Waals surface area contributed by atoms with Crippen molar-refractivity contribution in [2.45, 2.75) is 24.7 Å². The van der Waals surface area contributed by atoms with Crippen molar-refractivity contribution in [3.63, 3.8) is 0 Å². The Balaban J connectivity index is 1.47. The Labute approximate surface area is 168 Å². The highest BCUT2D eigenvalue weighted by Crippen LogP contribution is 2.29. The van der Waals surface area contributed by atoms with Crippen LogP contribution in [0.3, 0.4) is 0 Å². The van der Waals surface area contributed by atoms with Crippen molar-refractivity contribution in [1.82, 2.24) is 19.9 Å². The molecule has 4 rings (SSSR count). The molecule has 1 aliphatic rings. The van der Waals surface area contributed by atoms with Crippen LogP contribution in [0.5, 0.6) is 5.75 Å². The van der Waals surface area contributed by atoms with Crippen LogP contribution in [-0.4, -0.2) is 48.2 Å². The van der Waals surface area contributed by atoms with Gasteiger partial charge in [-0.15, -0.1) is 11.3 Å². The molecule has 3 aromatic rings. The standard InChI is InChI=1S/C19H20N4O3S2/c1-26-15-5-3-4-13(8-15)18-20-10-16(27-18)12-23-7-6-17-14(11-23)9-21-19(22-17)28(2,24)25/h3-5,8-10H,6-7,11-12H2,1-2H3. The topological polar surface area (TPSA) is 85.3 Å². The van der Waals surface area contributed by atoms with Crippen molar-refractivity contribution in [1.29, 1.82) is 0 Å². The summed E-state index contributed by atoms with van der Waals surface area (Å²) >= 11 is 1.67. The van der Waals surface area contributed by atoms with Crippen LogP contribution in [0.1, 0.15) is 16.1 Å². The Kier molecular flexibility index (Phi) is 5.13. The van der Waals surface area contributed by atoms with Gasteiger partial charge < -0.3 is 4.74 Å². The summed E-state index contributed by atoms with van der Waals surface area (Å²) < 4.78 is 28.6. The van der Waals surface area contributed by atoms with Gasteiger partial charge in [0.05, 0.1) is 12.8 Å². The number of rotatable bonds is 5. The quantitative estimate of drug-likeness (QED) is 0.591. The number of sulfone groups is 1. The molecule has 0 atom stereocenters. The first-order chi connectivity index (χ1) is 13.4. The number of ether oxygens (including phenoxy) is 1. The number of benzene rings is 1. The molecule has 1 aliphatic heterocycles. The fourth-order valence-electron chi connectivity index (χ4n) is 3.16. The second-order valence-corrected chi connectivity index (χ2v) is 9.75. The van der Waals surface area contributed by atoms with E-state index in [0.717, 1.165) is 46.9 Å². The lowest BCUT2D eigenvalue weighted by Gasteiger charge is -2.27. The molecule has 0 amide bonds. The Morgan fingerprint density at radius 1 is 1.25 bits per heavy atom. The second kappa shape index (κ2) is 7.57. The molecule has 1 aromatic carbocycles. The molecule has 0 fully saturated rings. The molecule has 0 unspecified atom stereocenters. The Hall–Kier alpha value is -2.36. The van der Waals surface area contributed by atoms with E-state index < -0.39 is 9.84 Å². The average molecular weight is 417 g/mol. The monoisotopic (exact) mass is 416 g/mol. The highest BCUT2D eigenvalue weighted by atomic mass is 32.2. The Bertz CT molecular complexity index is 1110. The van der Waals surface area contributed by atoms with Crippen LogP contribution < -0.4 is 4.74 Å². The van der Waals surface area contributed by atoms with Gasteiger partial charge in [-0.2, -0.15) is 0 Å². The van der Waals surface area contributed by atoms with Crippen LogP contribution >= 0.6 is 11.3 Å². The molecule has 0 saturated carbocycles. The van der Waals surface area contributed by atoms with Crippen molar-refractivity contribution in [2.75, 3.05) is 19.9 Å². The summed E-state index contributed by atoms with van der Waals surface area (Å²) in [6, 6.07) is 7.89. The Morgan fingerprint density at radius 2 is 2.11 bits per heavy atom. The Morgan fingerprint density at radius 3 is 2.89 bits per heavy atom. The van der Waals surface area contributed by atoms with Crippen LogP contribution in [0, 0.1) is 0 Å². The summed E-state index contributed by atoms with van der Waals surface area (Å²) in [6.45, 7) is 2.31. The van der Waals surface area contributed by atoms with Crippen molar-refractivity contribution >= 4 is 21.2 Å². The number of methoxy groups -OCH3 is 1. The van der Waals surface area contributed by atoms with Crippen molar-refractivity contribution in [3.8, 4) is 16.3 Å². The molecule has 146 valence electrons. The molecule has 7 nitrogen and oxygen atoms in total. The highest BCUT2D eigenvalue weighted by molar-refractivity contribution is 7.90. The van der Waals surface area contributed by atoms with Crippen molar-refractivity contribution in [2.24, 2.45) is 0 Å². The smallest absolute Gasteiger partial charge is 0.246 e. The lowest BCUT2D eigenvalue weighted by Crippen LogP contribution is -2.31. The van der Waals surface area contributed by atoms with Gasteiger partial charge in [-0.3, -0.25) is 4.90 Å². The molecule has 0 aliphatic carbocycles. The third kappa shape index (κ3) is 4.06. The van der Waals surface area contributed by atoms with Gasteiger partial charge in [0.15, 0.2) is 0 Å². The first-order valence-corrected chi connectivity index (χ1v) is 11.5. The van der Waals surface area contributed by atoms with Crippen LogP contribution in [0.2, 0.25) is 0 Å². The van der Waals surface area contributed by atoms with E-state index in [1.165, 1.54) is 4.88 Å². The van der Waals surface area contributed by atoms with Crippen LogP contribution in [0.4, 0.5) is 0 Å².